The zero-order valence-corrected chi connectivity index (χ0v) is 18.9. The number of ether oxygens (including phenoxy) is 1. The van der Waals surface area contributed by atoms with Crippen LogP contribution in [-0.4, -0.2) is 55.5 Å². The van der Waals surface area contributed by atoms with Crippen molar-refractivity contribution in [3.05, 3.63) is 48.8 Å². The maximum atomic E-state index is 13.0. The number of nitrogens with zero attached hydrogens (tertiary/aromatic N) is 5. The molecule has 2 atom stereocenters. The molecule has 2 aromatic heterocycles. The van der Waals surface area contributed by atoms with Gasteiger partial charge in [-0.3, -0.25) is 14.3 Å². The second-order valence-electron chi connectivity index (χ2n) is 7.80. The molecule has 0 aliphatic carbocycles. The van der Waals surface area contributed by atoms with E-state index in [1.807, 2.05) is 45.9 Å². The van der Waals surface area contributed by atoms with Crippen molar-refractivity contribution in [2.24, 2.45) is 0 Å². The highest BCUT2D eigenvalue weighted by atomic mass is 32.2. The van der Waals surface area contributed by atoms with Gasteiger partial charge in [-0.25, -0.2) is 0 Å². The molecule has 1 aromatic carbocycles. The van der Waals surface area contributed by atoms with Crippen LogP contribution in [0.4, 0.5) is 0 Å². The fraction of sp³-hybridized carbons (Fsp3) is 0.391. The molecule has 0 radical (unpaired) electrons. The summed E-state index contributed by atoms with van der Waals surface area (Å²) < 4.78 is 7.36. The first-order valence-electron chi connectivity index (χ1n) is 10.5. The minimum Gasteiger partial charge on any atom is -0.497 e. The van der Waals surface area contributed by atoms with Gasteiger partial charge in [0.05, 0.1) is 18.6 Å². The predicted molar refractivity (Wildman–Crippen MR) is 121 cm³/mol. The number of amides is 1. The van der Waals surface area contributed by atoms with E-state index in [-0.39, 0.29) is 18.0 Å². The molecule has 31 heavy (non-hydrogen) atoms. The number of carbonyl (C=O) groups is 1. The number of pyridine rings is 1. The number of carbonyl (C=O) groups excluding carboxylic acids is 1. The van der Waals surface area contributed by atoms with Crippen LogP contribution in [0.1, 0.15) is 33.1 Å². The lowest BCUT2D eigenvalue weighted by Gasteiger charge is -2.39. The first-order valence-corrected chi connectivity index (χ1v) is 11.5. The van der Waals surface area contributed by atoms with Gasteiger partial charge in [-0.1, -0.05) is 17.8 Å². The van der Waals surface area contributed by atoms with Crippen LogP contribution in [0.25, 0.3) is 17.1 Å². The topological polar surface area (TPSA) is 73.1 Å². The van der Waals surface area contributed by atoms with Gasteiger partial charge in [-0.2, -0.15) is 0 Å². The standard InChI is InChI=1S/C23H27N5O2S/c1-16-7-4-8-17(2)27(16)21(29)15-31-23-26-25-22(18-9-6-12-24-14-18)28(23)19-10-5-11-20(13-19)30-3/h5-6,9-14,16-17H,4,7-8,15H2,1-3H3. The molecule has 3 aromatic rings. The molecular formula is C23H27N5O2S. The molecule has 1 aliphatic rings. The maximum Gasteiger partial charge on any atom is 0.233 e. The van der Waals surface area contributed by atoms with Crippen LogP contribution >= 0.6 is 11.8 Å². The van der Waals surface area contributed by atoms with E-state index in [2.05, 4.69) is 29.0 Å². The summed E-state index contributed by atoms with van der Waals surface area (Å²) in [7, 11) is 1.64. The summed E-state index contributed by atoms with van der Waals surface area (Å²) in [6.45, 7) is 4.27. The van der Waals surface area contributed by atoms with Crippen molar-refractivity contribution >= 4 is 17.7 Å². The fourth-order valence-electron chi connectivity index (χ4n) is 4.14. The first kappa shape index (κ1) is 21.4. The second-order valence-corrected chi connectivity index (χ2v) is 8.75. The minimum atomic E-state index is 0.146. The molecule has 0 N–H and O–H groups in total. The van der Waals surface area contributed by atoms with Gasteiger partial charge in [-0.05, 0) is 57.4 Å². The Morgan fingerprint density at radius 3 is 2.68 bits per heavy atom. The molecular weight excluding hydrogens is 410 g/mol. The van der Waals surface area contributed by atoms with Gasteiger partial charge in [0, 0.05) is 36.1 Å². The average molecular weight is 438 g/mol. The number of thioether (sulfide) groups is 1. The van der Waals surface area contributed by atoms with Crippen molar-refractivity contribution < 1.29 is 9.53 Å². The molecule has 0 saturated carbocycles. The summed E-state index contributed by atoms with van der Waals surface area (Å²) in [6.07, 6.45) is 6.79. The van der Waals surface area contributed by atoms with E-state index in [4.69, 9.17) is 4.74 Å². The van der Waals surface area contributed by atoms with E-state index in [1.54, 1.807) is 19.5 Å². The normalized spacial score (nSPS) is 18.7. The van der Waals surface area contributed by atoms with Crippen LogP contribution in [0.2, 0.25) is 0 Å². The third-order valence-electron chi connectivity index (χ3n) is 5.67. The number of rotatable bonds is 6. The Labute approximate surface area is 186 Å². The predicted octanol–water partition coefficient (Wildman–Crippen LogP) is 4.22. The summed E-state index contributed by atoms with van der Waals surface area (Å²) in [5.41, 5.74) is 1.73. The Morgan fingerprint density at radius 1 is 1.16 bits per heavy atom. The molecule has 1 saturated heterocycles. The van der Waals surface area contributed by atoms with Crippen LogP contribution in [-0.2, 0) is 4.79 Å². The summed E-state index contributed by atoms with van der Waals surface area (Å²) >= 11 is 1.41. The minimum absolute atomic E-state index is 0.146. The smallest absolute Gasteiger partial charge is 0.233 e. The summed E-state index contributed by atoms with van der Waals surface area (Å²) in [6, 6.07) is 12.1. The summed E-state index contributed by atoms with van der Waals surface area (Å²) in [5, 5.41) is 9.51. The Balaban J connectivity index is 1.64. The van der Waals surface area contributed by atoms with Crippen LogP contribution in [0.3, 0.4) is 0 Å². The third-order valence-corrected chi connectivity index (χ3v) is 6.58. The van der Waals surface area contributed by atoms with Crippen molar-refractivity contribution in [1.82, 2.24) is 24.6 Å². The van der Waals surface area contributed by atoms with E-state index in [1.165, 1.54) is 18.2 Å². The Kier molecular flexibility index (Phi) is 6.56. The maximum absolute atomic E-state index is 13.0. The number of hydrogen-bond donors (Lipinski definition) is 0. The zero-order chi connectivity index (χ0) is 21.8. The number of methoxy groups -OCH3 is 1. The quantitative estimate of drug-likeness (QED) is 0.538. The number of hydrogen-bond acceptors (Lipinski definition) is 6. The van der Waals surface area contributed by atoms with E-state index in [0.29, 0.717) is 16.7 Å². The van der Waals surface area contributed by atoms with Crippen LogP contribution in [0.15, 0.2) is 53.9 Å². The molecule has 0 spiro atoms. The van der Waals surface area contributed by atoms with Gasteiger partial charge < -0.3 is 9.64 Å². The van der Waals surface area contributed by atoms with Gasteiger partial charge in [0.1, 0.15) is 5.75 Å². The monoisotopic (exact) mass is 437 g/mol. The largest absolute Gasteiger partial charge is 0.497 e. The highest BCUT2D eigenvalue weighted by Crippen LogP contribution is 2.30. The summed E-state index contributed by atoms with van der Waals surface area (Å²) in [4.78, 5) is 19.3. The highest BCUT2D eigenvalue weighted by molar-refractivity contribution is 7.99. The van der Waals surface area contributed by atoms with Crippen LogP contribution in [0, 0.1) is 0 Å². The molecule has 1 fully saturated rings. The van der Waals surface area contributed by atoms with Crippen LogP contribution in [0.5, 0.6) is 5.75 Å². The van der Waals surface area contributed by atoms with Gasteiger partial charge in [0.25, 0.3) is 0 Å². The van der Waals surface area contributed by atoms with Gasteiger partial charge in [-0.15, -0.1) is 10.2 Å². The van der Waals surface area contributed by atoms with E-state index in [9.17, 15) is 4.79 Å². The molecule has 8 heteroatoms. The van der Waals surface area contributed by atoms with Crippen molar-refractivity contribution in [1.29, 1.82) is 0 Å². The second kappa shape index (κ2) is 9.51. The molecule has 0 bridgehead atoms. The number of benzene rings is 1. The lowest BCUT2D eigenvalue weighted by Crippen LogP contribution is -2.48. The lowest BCUT2D eigenvalue weighted by molar-refractivity contribution is -0.134. The van der Waals surface area contributed by atoms with E-state index < -0.39 is 0 Å². The Hall–Kier alpha value is -2.87. The van der Waals surface area contributed by atoms with Crippen molar-refractivity contribution in [2.75, 3.05) is 12.9 Å². The van der Waals surface area contributed by atoms with Crippen molar-refractivity contribution in [2.45, 2.75) is 50.4 Å². The van der Waals surface area contributed by atoms with E-state index in [0.717, 1.165) is 29.8 Å². The molecule has 1 aliphatic heterocycles. The third kappa shape index (κ3) is 4.58. The Bertz CT molecular complexity index is 1030. The van der Waals surface area contributed by atoms with Gasteiger partial charge >= 0.3 is 0 Å². The molecule has 162 valence electrons. The molecule has 2 unspecified atom stereocenters. The van der Waals surface area contributed by atoms with Gasteiger partial charge in [0.2, 0.25) is 5.91 Å². The SMILES string of the molecule is COc1cccc(-n2c(SCC(=O)N3C(C)CCCC3C)nnc2-c2cccnc2)c1. The van der Waals surface area contributed by atoms with Crippen molar-refractivity contribution in [3.63, 3.8) is 0 Å². The number of piperidine rings is 1. The first-order chi connectivity index (χ1) is 15.1. The van der Waals surface area contributed by atoms with E-state index >= 15 is 0 Å². The summed E-state index contributed by atoms with van der Waals surface area (Å²) in [5.74, 6) is 1.89. The molecule has 7 nitrogen and oxygen atoms in total. The highest BCUT2D eigenvalue weighted by Gasteiger charge is 2.29. The Morgan fingerprint density at radius 2 is 1.97 bits per heavy atom. The van der Waals surface area contributed by atoms with Crippen molar-refractivity contribution in [3.8, 4) is 22.8 Å². The molecule has 4 rings (SSSR count). The van der Waals surface area contributed by atoms with Gasteiger partial charge in [0.15, 0.2) is 11.0 Å². The number of aromatic nitrogens is 4. The van der Waals surface area contributed by atoms with Crippen LogP contribution < -0.4 is 4.74 Å². The number of likely N-dealkylation sites (tertiary alicyclic amines) is 1. The molecule has 1 amide bonds. The average Bonchev–Trinajstić information content (AvgIpc) is 3.22. The molecule has 3 heterocycles. The zero-order valence-electron chi connectivity index (χ0n) is 18.1. The fourth-order valence-corrected chi connectivity index (χ4v) is 4.96. The lowest BCUT2D eigenvalue weighted by atomic mass is 9.98.